The van der Waals surface area contributed by atoms with Crippen LogP contribution >= 0.6 is 11.6 Å². The summed E-state index contributed by atoms with van der Waals surface area (Å²) in [5.41, 5.74) is 2.97. The molecular weight excluding hydrogens is 314 g/mol. The van der Waals surface area contributed by atoms with Crippen molar-refractivity contribution in [2.45, 2.75) is 25.1 Å². The lowest BCUT2D eigenvalue weighted by molar-refractivity contribution is 0.154. The molecule has 0 spiro atoms. The molecule has 3 heterocycles. The average molecular weight is 332 g/mol. The first-order valence-electron chi connectivity index (χ1n) is 7.46. The molecule has 2 aromatic rings. The standard InChI is InChI=1S/C16H18ClN5O/c17-15-3-2-13-14(22-15)5-10(8-20-13)11(6-18)7-19-9-12-1-4-16(23)21-12/h2-3,5-8,12,16,18-19,21,23H,1,4,9H2/b11-7+,18-6?/t12-,16?/m0/s1. The molecule has 0 amide bonds. The molecule has 0 saturated carbocycles. The van der Waals surface area contributed by atoms with E-state index in [1.54, 1.807) is 18.5 Å². The van der Waals surface area contributed by atoms with E-state index in [1.807, 2.05) is 12.1 Å². The van der Waals surface area contributed by atoms with Gasteiger partial charge in [-0.15, -0.1) is 0 Å². The highest BCUT2D eigenvalue weighted by Crippen LogP contribution is 2.18. The molecule has 4 N–H and O–H groups in total. The van der Waals surface area contributed by atoms with E-state index >= 15 is 0 Å². The normalized spacial score (nSPS) is 21.6. The Morgan fingerprint density at radius 3 is 3.04 bits per heavy atom. The largest absolute Gasteiger partial charge is 0.389 e. The van der Waals surface area contributed by atoms with E-state index in [0.717, 1.165) is 23.9 Å². The fraction of sp³-hybridized carbons (Fsp3) is 0.312. The van der Waals surface area contributed by atoms with E-state index in [9.17, 15) is 5.11 Å². The maximum atomic E-state index is 9.44. The third kappa shape index (κ3) is 3.85. The minimum atomic E-state index is -0.409. The number of aliphatic hydroxyl groups excluding tert-OH is 1. The number of aromatic nitrogens is 2. The van der Waals surface area contributed by atoms with Crippen LogP contribution in [0.5, 0.6) is 0 Å². The summed E-state index contributed by atoms with van der Waals surface area (Å²) < 4.78 is 0. The summed E-state index contributed by atoms with van der Waals surface area (Å²) in [4.78, 5) is 8.60. The van der Waals surface area contributed by atoms with Crippen molar-refractivity contribution in [3.05, 3.63) is 41.3 Å². The van der Waals surface area contributed by atoms with E-state index in [1.165, 1.54) is 6.21 Å². The molecule has 1 aliphatic heterocycles. The van der Waals surface area contributed by atoms with E-state index in [-0.39, 0.29) is 6.04 Å². The van der Waals surface area contributed by atoms with Crippen molar-refractivity contribution in [3.8, 4) is 0 Å². The van der Waals surface area contributed by atoms with Crippen LogP contribution < -0.4 is 10.6 Å². The molecule has 1 aliphatic rings. The van der Waals surface area contributed by atoms with Gasteiger partial charge in [-0.3, -0.25) is 10.3 Å². The summed E-state index contributed by atoms with van der Waals surface area (Å²) in [6.07, 6.45) is 6.07. The third-order valence-corrected chi connectivity index (χ3v) is 4.04. The molecule has 0 radical (unpaired) electrons. The molecular formula is C16H18ClN5O. The first-order valence-corrected chi connectivity index (χ1v) is 7.84. The van der Waals surface area contributed by atoms with Gasteiger partial charge >= 0.3 is 0 Å². The Labute approximate surface area is 139 Å². The minimum absolute atomic E-state index is 0.239. The van der Waals surface area contributed by atoms with Crippen molar-refractivity contribution in [3.63, 3.8) is 0 Å². The van der Waals surface area contributed by atoms with Crippen LogP contribution in [0.3, 0.4) is 0 Å². The highest BCUT2D eigenvalue weighted by molar-refractivity contribution is 6.29. The Morgan fingerprint density at radius 1 is 1.43 bits per heavy atom. The monoisotopic (exact) mass is 331 g/mol. The topological polar surface area (TPSA) is 93.9 Å². The van der Waals surface area contributed by atoms with Crippen molar-refractivity contribution in [1.82, 2.24) is 20.6 Å². The second-order valence-electron chi connectivity index (χ2n) is 5.51. The van der Waals surface area contributed by atoms with Crippen LogP contribution in [0.2, 0.25) is 5.15 Å². The number of pyridine rings is 2. The molecule has 23 heavy (non-hydrogen) atoms. The van der Waals surface area contributed by atoms with E-state index in [0.29, 0.717) is 22.8 Å². The molecule has 0 aliphatic carbocycles. The number of nitrogens with one attached hydrogen (secondary N) is 3. The summed E-state index contributed by atoms with van der Waals surface area (Å²) in [6, 6.07) is 5.62. The quantitative estimate of drug-likeness (QED) is 0.496. The van der Waals surface area contributed by atoms with Crippen LogP contribution in [-0.2, 0) is 0 Å². The SMILES string of the molecule is N=C/C(=C\NC[C@@H]1CCC(O)N1)c1cnc2ccc(Cl)nc2c1. The van der Waals surface area contributed by atoms with Gasteiger partial charge in [0.1, 0.15) is 11.4 Å². The Bertz CT molecular complexity index is 748. The van der Waals surface area contributed by atoms with Gasteiger partial charge in [0, 0.05) is 42.3 Å². The number of halogens is 1. The van der Waals surface area contributed by atoms with E-state index < -0.39 is 6.23 Å². The Balaban J connectivity index is 1.74. The first kappa shape index (κ1) is 15.9. The Morgan fingerprint density at radius 2 is 2.30 bits per heavy atom. The summed E-state index contributed by atoms with van der Waals surface area (Å²) >= 11 is 5.91. The van der Waals surface area contributed by atoms with Crippen LogP contribution in [0.25, 0.3) is 16.6 Å². The lowest BCUT2D eigenvalue weighted by Gasteiger charge is -2.11. The van der Waals surface area contributed by atoms with Gasteiger partial charge in [0.2, 0.25) is 0 Å². The van der Waals surface area contributed by atoms with Gasteiger partial charge in [-0.05, 0) is 31.0 Å². The highest BCUT2D eigenvalue weighted by Gasteiger charge is 2.20. The van der Waals surface area contributed by atoms with Gasteiger partial charge in [0.05, 0.1) is 11.0 Å². The molecule has 1 unspecified atom stereocenters. The zero-order chi connectivity index (χ0) is 16.2. The molecule has 120 valence electrons. The van der Waals surface area contributed by atoms with Crippen molar-refractivity contribution >= 4 is 34.4 Å². The minimum Gasteiger partial charge on any atom is -0.389 e. The number of aliphatic hydroxyl groups is 1. The van der Waals surface area contributed by atoms with Crippen LogP contribution in [0, 0.1) is 5.41 Å². The summed E-state index contributed by atoms with van der Waals surface area (Å²) in [5, 5.41) is 23.7. The lowest BCUT2D eigenvalue weighted by atomic mass is 10.1. The maximum absolute atomic E-state index is 9.44. The highest BCUT2D eigenvalue weighted by atomic mass is 35.5. The van der Waals surface area contributed by atoms with Crippen molar-refractivity contribution in [2.75, 3.05) is 6.54 Å². The summed E-state index contributed by atoms with van der Waals surface area (Å²) in [5.74, 6) is 0. The zero-order valence-corrected chi connectivity index (χ0v) is 13.2. The molecule has 1 fully saturated rings. The maximum Gasteiger partial charge on any atom is 0.129 e. The average Bonchev–Trinajstić information content (AvgIpc) is 2.96. The number of hydrogen-bond acceptors (Lipinski definition) is 6. The fourth-order valence-corrected chi connectivity index (χ4v) is 2.77. The number of allylic oxidation sites excluding steroid dienone is 1. The smallest absolute Gasteiger partial charge is 0.129 e. The molecule has 0 bridgehead atoms. The molecule has 7 heteroatoms. The number of hydrogen-bond donors (Lipinski definition) is 4. The van der Waals surface area contributed by atoms with Gasteiger partial charge in [-0.25, -0.2) is 4.98 Å². The predicted octanol–water partition coefficient (Wildman–Crippen LogP) is 1.93. The first-order chi connectivity index (χ1) is 11.2. The molecule has 0 aromatic carbocycles. The van der Waals surface area contributed by atoms with Crippen LogP contribution in [0.1, 0.15) is 18.4 Å². The summed E-state index contributed by atoms with van der Waals surface area (Å²) in [7, 11) is 0. The molecule has 1 saturated heterocycles. The zero-order valence-electron chi connectivity index (χ0n) is 12.5. The van der Waals surface area contributed by atoms with Crippen LogP contribution in [-0.4, -0.2) is 40.1 Å². The van der Waals surface area contributed by atoms with Crippen LogP contribution in [0.4, 0.5) is 0 Å². The molecule has 3 rings (SSSR count). The molecule has 6 nitrogen and oxygen atoms in total. The van der Waals surface area contributed by atoms with Gasteiger partial charge in [-0.2, -0.15) is 0 Å². The fourth-order valence-electron chi connectivity index (χ4n) is 2.62. The second-order valence-corrected chi connectivity index (χ2v) is 5.89. The van der Waals surface area contributed by atoms with E-state index in [4.69, 9.17) is 17.0 Å². The number of rotatable bonds is 5. The van der Waals surface area contributed by atoms with Crippen LogP contribution in [0.15, 0.2) is 30.6 Å². The third-order valence-electron chi connectivity index (χ3n) is 3.83. The van der Waals surface area contributed by atoms with Gasteiger partial charge in [0.25, 0.3) is 0 Å². The van der Waals surface area contributed by atoms with Gasteiger partial charge < -0.3 is 15.8 Å². The van der Waals surface area contributed by atoms with E-state index in [2.05, 4.69) is 20.6 Å². The second kappa shape index (κ2) is 7.04. The lowest BCUT2D eigenvalue weighted by Crippen LogP contribution is -2.35. The molecule has 2 aromatic heterocycles. The van der Waals surface area contributed by atoms with Gasteiger partial charge in [0.15, 0.2) is 0 Å². The number of nitrogens with zero attached hydrogens (tertiary/aromatic N) is 2. The van der Waals surface area contributed by atoms with Crippen molar-refractivity contribution in [2.24, 2.45) is 0 Å². The van der Waals surface area contributed by atoms with Crippen molar-refractivity contribution in [1.29, 1.82) is 5.41 Å². The molecule has 2 atom stereocenters. The van der Waals surface area contributed by atoms with Crippen molar-refractivity contribution < 1.29 is 5.11 Å². The predicted molar refractivity (Wildman–Crippen MR) is 91.5 cm³/mol. The Kier molecular flexibility index (Phi) is 4.85. The Hall–Kier alpha value is -2.02. The number of fused-ring (bicyclic) bond motifs is 1. The summed E-state index contributed by atoms with van der Waals surface area (Å²) in [6.45, 7) is 0.694. The van der Waals surface area contributed by atoms with Gasteiger partial charge in [-0.1, -0.05) is 11.6 Å².